The molecule has 2 fully saturated rings. The number of aryl methyl sites for hydroxylation is 1. The Hall–Kier alpha value is -5.17. The number of amides is 3. The largest absolute Gasteiger partial charge is 0.464 e. The van der Waals surface area contributed by atoms with E-state index >= 15 is 4.39 Å². The van der Waals surface area contributed by atoms with Crippen LogP contribution in [0.1, 0.15) is 91.4 Å². The number of morpholine rings is 1. The van der Waals surface area contributed by atoms with Crippen LogP contribution in [0.2, 0.25) is 0 Å². The predicted molar refractivity (Wildman–Crippen MR) is 258 cm³/mol. The first kappa shape index (κ1) is 51.2. The second-order valence-electron chi connectivity index (χ2n) is 19.7. The number of allylic oxidation sites excluding steroid dienone is 1. The summed E-state index contributed by atoms with van der Waals surface area (Å²) in [7, 11) is 3.12. The second-order valence-corrected chi connectivity index (χ2v) is 20.6. The first-order valence-electron chi connectivity index (χ1n) is 23.2. The van der Waals surface area contributed by atoms with E-state index in [1.54, 1.807) is 53.3 Å². The Morgan fingerprint density at radius 1 is 1.18 bits per heavy atom. The summed E-state index contributed by atoms with van der Waals surface area (Å²) in [5.41, 5.74) is 6.08. The highest BCUT2D eigenvalue weighted by Gasteiger charge is 2.39. The molecule has 18 heteroatoms. The Balaban J connectivity index is 1.45. The lowest BCUT2D eigenvalue weighted by molar-refractivity contribution is -0.155. The van der Waals surface area contributed by atoms with Gasteiger partial charge in [-0.2, -0.15) is 0 Å². The number of rotatable bonds is 11. The molecule has 0 aliphatic carbocycles. The molecule has 1 aromatic carbocycles. The quantitative estimate of drug-likeness (QED) is 0.154. The van der Waals surface area contributed by atoms with Crippen LogP contribution in [-0.4, -0.2) is 138 Å². The van der Waals surface area contributed by atoms with Crippen molar-refractivity contribution in [1.29, 1.82) is 0 Å². The molecule has 3 aliphatic heterocycles. The Morgan fingerprint density at radius 3 is 2.55 bits per heavy atom. The number of ether oxygens (including phenoxy) is 4. The van der Waals surface area contributed by atoms with Crippen LogP contribution in [0, 0.1) is 17.2 Å². The Labute approximate surface area is 397 Å². The van der Waals surface area contributed by atoms with Crippen molar-refractivity contribution in [2.24, 2.45) is 16.3 Å². The smallest absolute Gasteiger partial charge is 0.410 e. The van der Waals surface area contributed by atoms with E-state index in [9.17, 15) is 19.2 Å². The van der Waals surface area contributed by atoms with Gasteiger partial charge in [0.25, 0.3) is 5.91 Å². The Kier molecular flexibility index (Phi) is 16.4. The third kappa shape index (κ3) is 12.3. The van der Waals surface area contributed by atoms with Crippen LogP contribution in [0.15, 0.2) is 40.5 Å². The molecule has 366 valence electrons. The summed E-state index contributed by atoms with van der Waals surface area (Å²) in [4.78, 5) is 69.0. The number of aliphatic imine (C=N–C) groups is 1. The van der Waals surface area contributed by atoms with E-state index in [1.807, 2.05) is 39.8 Å². The van der Waals surface area contributed by atoms with Crippen molar-refractivity contribution < 1.29 is 42.5 Å². The van der Waals surface area contributed by atoms with Gasteiger partial charge in [-0.05, 0) is 83.6 Å². The number of carbonyl (C=O) groups excluding carboxylic acids is 4. The van der Waals surface area contributed by atoms with E-state index in [-0.39, 0.29) is 31.1 Å². The van der Waals surface area contributed by atoms with Crippen molar-refractivity contribution >= 4 is 58.4 Å². The summed E-state index contributed by atoms with van der Waals surface area (Å²) in [6.45, 7) is 24.5. The molecule has 4 atom stereocenters. The van der Waals surface area contributed by atoms with E-state index in [2.05, 4.69) is 26.8 Å². The molecule has 2 N–H and O–H groups in total. The van der Waals surface area contributed by atoms with Gasteiger partial charge >= 0.3 is 12.1 Å². The molecular formula is C49H69FN8O8S. The number of aromatic nitrogens is 2. The van der Waals surface area contributed by atoms with Crippen LogP contribution in [-0.2, 0) is 52.7 Å². The first-order valence-corrected chi connectivity index (χ1v) is 24.1. The average molecular weight is 949 g/mol. The molecule has 2 aromatic heterocycles. The second kappa shape index (κ2) is 21.4. The molecule has 0 unspecified atom stereocenters. The number of nitrogens with one attached hydrogen (secondary N) is 2. The number of nitrogens with zero attached hydrogens (tertiary/aromatic N) is 6. The minimum atomic E-state index is -1.18. The van der Waals surface area contributed by atoms with Gasteiger partial charge in [0.15, 0.2) is 0 Å². The van der Waals surface area contributed by atoms with Gasteiger partial charge in [-0.1, -0.05) is 34.3 Å². The summed E-state index contributed by atoms with van der Waals surface area (Å²) >= 11 is 1.24. The molecule has 16 nitrogen and oxygen atoms in total. The van der Waals surface area contributed by atoms with Crippen LogP contribution >= 0.6 is 11.3 Å². The van der Waals surface area contributed by atoms with Crippen LogP contribution < -0.4 is 10.7 Å². The zero-order valence-electron chi connectivity index (χ0n) is 41.0. The SMILES string of the molecule is C=C(/C=N\C(=C\c1c2c3cc(c(F)cc3n1CC)-c1csc(n1)C[C@H](NC(=O)[C@H](C(C)C)N(C)C(=O)OC(C)(C)C)C(=O)N1CCC[C@H](N1)C(=O)OCC(C)(C)C2)[C@H](C)OC)N1CCOCC1. The highest BCUT2D eigenvalue weighted by atomic mass is 32.1. The van der Waals surface area contributed by atoms with E-state index in [4.69, 9.17) is 28.9 Å². The fourth-order valence-corrected chi connectivity index (χ4v) is 9.52. The zero-order chi connectivity index (χ0) is 49.0. The third-order valence-electron chi connectivity index (χ3n) is 12.3. The van der Waals surface area contributed by atoms with Crippen LogP contribution in [0.25, 0.3) is 28.2 Å². The minimum Gasteiger partial charge on any atom is -0.464 e. The van der Waals surface area contributed by atoms with Gasteiger partial charge in [0.1, 0.15) is 29.5 Å². The van der Waals surface area contributed by atoms with Gasteiger partial charge in [-0.25, -0.2) is 19.6 Å². The highest BCUT2D eigenvalue weighted by Crippen LogP contribution is 2.38. The number of esters is 1. The van der Waals surface area contributed by atoms with Gasteiger partial charge in [-0.3, -0.25) is 29.3 Å². The number of thiazole rings is 1. The van der Waals surface area contributed by atoms with Gasteiger partial charge in [-0.15, -0.1) is 11.3 Å². The molecule has 3 amide bonds. The van der Waals surface area contributed by atoms with E-state index in [1.165, 1.54) is 34.4 Å². The highest BCUT2D eigenvalue weighted by molar-refractivity contribution is 7.10. The summed E-state index contributed by atoms with van der Waals surface area (Å²) in [6.07, 6.45) is 3.95. The molecule has 0 saturated carbocycles. The van der Waals surface area contributed by atoms with Crippen molar-refractivity contribution in [3.63, 3.8) is 0 Å². The number of fused-ring (bicyclic) bond motifs is 6. The van der Waals surface area contributed by atoms with E-state index in [0.29, 0.717) is 74.0 Å². The van der Waals surface area contributed by atoms with Crippen molar-refractivity contribution in [3.05, 3.63) is 57.6 Å². The minimum absolute atomic E-state index is 0.0444. The normalized spacial score (nSPS) is 20.7. The van der Waals surface area contributed by atoms with Crippen molar-refractivity contribution in [2.45, 2.75) is 124 Å². The maximum Gasteiger partial charge on any atom is 0.410 e. The standard InChI is InChI=1S/C49H69FN8O8S/c1-13-57-40-22-35(50)33-21-32(40)34(41(57)23-37(31(5)63-12)51-26-30(4)56-17-19-64-20-18-56)25-49(9,10)28-65-46(61)36-15-14-16-58(54-36)45(60)38(24-42-52-39(33)27-67-42)53-44(59)43(29(2)3)55(11)47(62)66-48(6,7)8/h21-23,26-27,29,31,36,38,43,54H,4,13-20,24-25,28H2,1-3,5-12H3,(H,53,59)/b37-23+,51-26-/t31-,36-,38-,43-/m0/s1. The lowest BCUT2D eigenvalue weighted by Gasteiger charge is -2.36. The van der Waals surface area contributed by atoms with Gasteiger partial charge < -0.3 is 33.7 Å². The van der Waals surface area contributed by atoms with Crippen LogP contribution in [0.4, 0.5) is 9.18 Å². The summed E-state index contributed by atoms with van der Waals surface area (Å²) in [6, 6.07) is 0.349. The number of hydrogen-bond acceptors (Lipinski definition) is 13. The topological polar surface area (TPSA) is 169 Å². The van der Waals surface area contributed by atoms with Crippen molar-refractivity contribution in [1.82, 2.24) is 35.1 Å². The molecule has 67 heavy (non-hydrogen) atoms. The average Bonchev–Trinajstić information content (AvgIpc) is 3.85. The molecule has 6 bridgehead atoms. The number of likely N-dealkylation sites (N-methyl/N-ethyl adjacent to an activating group) is 1. The van der Waals surface area contributed by atoms with Crippen molar-refractivity contribution in [2.75, 3.05) is 53.6 Å². The van der Waals surface area contributed by atoms with Gasteiger partial charge in [0.05, 0.1) is 47.8 Å². The van der Waals surface area contributed by atoms with Crippen LogP contribution in [0.3, 0.4) is 0 Å². The monoisotopic (exact) mass is 948 g/mol. The first-order chi connectivity index (χ1) is 31.6. The zero-order valence-corrected chi connectivity index (χ0v) is 41.8. The van der Waals surface area contributed by atoms with Gasteiger partial charge in [0, 0.05) is 86.1 Å². The molecule has 2 saturated heterocycles. The number of cyclic esters (lactones) is 1. The number of hydrazine groups is 1. The Morgan fingerprint density at radius 2 is 1.90 bits per heavy atom. The summed E-state index contributed by atoms with van der Waals surface area (Å²) in [5.74, 6) is -2.43. The van der Waals surface area contributed by atoms with Gasteiger partial charge in [0.2, 0.25) is 5.91 Å². The predicted octanol–water partition coefficient (Wildman–Crippen LogP) is 6.76. The molecule has 6 rings (SSSR count). The fraction of sp³-hybridized carbons (Fsp3) is 0.592. The maximum atomic E-state index is 16.7. The van der Waals surface area contributed by atoms with Crippen molar-refractivity contribution in [3.8, 4) is 11.3 Å². The lowest BCUT2D eigenvalue weighted by Crippen LogP contribution is -2.62. The molecule has 0 radical (unpaired) electrons. The molecular weight excluding hydrogens is 880 g/mol. The number of methoxy groups -OCH3 is 1. The molecule has 0 spiro atoms. The molecule has 3 aliphatic rings. The molecule has 5 heterocycles. The summed E-state index contributed by atoms with van der Waals surface area (Å²) in [5, 5.41) is 7.29. The summed E-state index contributed by atoms with van der Waals surface area (Å²) < 4.78 is 41.7. The number of benzene rings is 1. The van der Waals surface area contributed by atoms with E-state index < -0.39 is 64.9 Å². The fourth-order valence-electron chi connectivity index (χ4n) is 8.68. The number of halogens is 1. The lowest BCUT2D eigenvalue weighted by atomic mass is 9.85. The third-order valence-corrected chi connectivity index (χ3v) is 13.1. The Bertz CT molecular complexity index is 2380. The number of carbonyl (C=O) groups is 4. The maximum absolute atomic E-state index is 16.7. The van der Waals surface area contributed by atoms with E-state index in [0.717, 1.165) is 22.3 Å². The van der Waals surface area contributed by atoms with Crippen LogP contribution in [0.5, 0.6) is 0 Å². The number of hydrogen-bond donors (Lipinski definition) is 2. The molecule has 3 aromatic rings.